The Labute approximate surface area is 152 Å². The molecule has 130 valence electrons. The van der Waals surface area contributed by atoms with Crippen molar-refractivity contribution in [3.8, 4) is 5.75 Å². The Bertz CT molecular complexity index is 1090. The predicted molar refractivity (Wildman–Crippen MR) is 106 cm³/mol. The molecule has 2 aliphatic rings. The molecule has 5 rings (SSSR count). The molecule has 0 saturated heterocycles. The minimum absolute atomic E-state index is 0.322. The van der Waals surface area contributed by atoms with Gasteiger partial charge in [-0.2, -0.15) is 0 Å². The molecular formula is C21H20N4O. The van der Waals surface area contributed by atoms with E-state index in [0.29, 0.717) is 0 Å². The Hall–Kier alpha value is -3.08. The van der Waals surface area contributed by atoms with Crippen LogP contribution in [0.4, 0.5) is 17.1 Å². The normalized spacial score (nSPS) is 22.3. The molecule has 0 fully saturated rings. The monoisotopic (exact) mass is 344 g/mol. The number of pyridine rings is 1. The molecule has 0 aliphatic carbocycles. The highest BCUT2D eigenvalue weighted by molar-refractivity contribution is 5.99. The molecule has 1 aromatic heterocycles. The van der Waals surface area contributed by atoms with Crippen LogP contribution in [0.2, 0.25) is 0 Å². The number of nitrogens with two attached hydrogens (primary N) is 1. The molecule has 2 aliphatic heterocycles. The molecule has 1 atom stereocenters. The van der Waals surface area contributed by atoms with E-state index in [2.05, 4.69) is 35.9 Å². The lowest BCUT2D eigenvalue weighted by molar-refractivity contribution is 0.0827. The average molecular weight is 344 g/mol. The molecule has 1 spiro atoms. The molecule has 5 heteroatoms. The summed E-state index contributed by atoms with van der Waals surface area (Å²) in [6, 6.07) is 12.1. The van der Waals surface area contributed by atoms with Crippen LogP contribution >= 0.6 is 0 Å². The first kappa shape index (κ1) is 15.2. The van der Waals surface area contributed by atoms with E-state index in [0.717, 1.165) is 39.1 Å². The Morgan fingerprint density at radius 3 is 2.81 bits per heavy atom. The number of hydrogen-bond donors (Lipinski definition) is 1. The van der Waals surface area contributed by atoms with E-state index in [-0.39, 0.29) is 5.41 Å². The van der Waals surface area contributed by atoms with Crippen molar-refractivity contribution < 1.29 is 4.74 Å². The molecule has 5 nitrogen and oxygen atoms in total. The van der Waals surface area contributed by atoms with Crippen LogP contribution in [0, 0.1) is 0 Å². The van der Waals surface area contributed by atoms with Crippen LogP contribution in [0.5, 0.6) is 5.75 Å². The zero-order chi connectivity index (χ0) is 18.1. The van der Waals surface area contributed by atoms with Gasteiger partial charge in [0.1, 0.15) is 11.4 Å². The van der Waals surface area contributed by atoms with E-state index in [4.69, 9.17) is 15.5 Å². The fourth-order valence-electron chi connectivity index (χ4n) is 4.27. The van der Waals surface area contributed by atoms with E-state index in [9.17, 15) is 0 Å². The van der Waals surface area contributed by atoms with Gasteiger partial charge in [0.05, 0.1) is 11.6 Å². The van der Waals surface area contributed by atoms with Crippen molar-refractivity contribution >= 4 is 34.0 Å². The quantitative estimate of drug-likeness (QED) is 0.625. The summed E-state index contributed by atoms with van der Waals surface area (Å²) >= 11 is 0. The third kappa shape index (κ3) is 1.70. The number of fused-ring (bicyclic) bond motifs is 4. The lowest BCUT2D eigenvalue weighted by Crippen LogP contribution is -2.61. The van der Waals surface area contributed by atoms with E-state index < -0.39 is 5.72 Å². The molecule has 0 saturated carbocycles. The van der Waals surface area contributed by atoms with Crippen molar-refractivity contribution in [1.29, 1.82) is 0 Å². The van der Waals surface area contributed by atoms with Crippen molar-refractivity contribution in [3.63, 3.8) is 0 Å². The molecule has 3 heterocycles. The van der Waals surface area contributed by atoms with Crippen LogP contribution in [-0.4, -0.2) is 24.0 Å². The zero-order valence-corrected chi connectivity index (χ0v) is 15.0. The van der Waals surface area contributed by atoms with Crippen LogP contribution in [0.15, 0.2) is 53.8 Å². The first-order chi connectivity index (χ1) is 12.4. The molecule has 1 unspecified atom stereocenters. The first-order valence-corrected chi connectivity index (χ1v) is 8.69. The van der Waals surface area contributed by atoms with Gasteiger partial charge in [-0.1, -0.05) is 6.07 Å². The standard InChI is InChI=1S/C21H20N4O/c1-20(2)16-10-14(22)5-6-17(16)25(3)21(20)12-24-19-15-11-23-9-8-13(15)4-7-18(19)26-21/h4-12H,22H2,1-3H3. The highest BCUT2D eigenvalue weighted by atomic mass is 16.5. The molecule has 0 bridgehead atoms. The number of aliphatic imine (C=N–C) groups is 1. The molecule has 0 radical (unpaired) electrons. The second-order valence-electron chi connectivity index (χ2n) is 7.53. The number of nitrogens with zero attached hydrogens (tertiary/aromatic N) is 3. The molecule has 3 aromatic rings. The summed E-state index contributed by atoms with van der Waals surface area (Å²) in [5.41, 5.74) is 8.90. The lowest BCUT2D eigenvalue weighted by atomic mass is 9.77. The van der Waals surface area contributed by atoms with Crippen LogP contribution in [-0.2, 0) is 5.41 Å². The summed E-state index contributed by atoms with van der Waals surface area (Å²) in [6.07, 6.45) is 5.56. The van der Waals surface area contributed by atoms with Gasteiger partial charge < -0.3 is 15.4 Å². The fraction of sp³-hybridized carbons (Fsp3) is 0.238. The zero-order valence-electron chi connectivity index (χ0n) is 15.0. The topological polar surface area (TPSA) is 63.7 Å². The molecule has 2 aromatic carbocycles. The van der Waals surface area contributed by atoms with Crippen molar-refractivity contribution in [2.24, 2.45) is 4.99 Å². The number of hydrogen-bond acceptors (Lipinski definition) is 5. The average Bonchev–Trinajstić information content (AvgIpc) is 2.80. The maximum atomic E-state index is 6.65. The van der Waals surface area contributed by atoms with Crippen molar-refractivity contribution in [2.45, 2.75) is 25.0 Å². The smallest absolute Gasteiger partial charge is 0.228 e. The van der Waals surface area contributed by atoms with E-state index in [1.54, 1.807) is 6.20 Å². The summed E-state index contributed by atoms with van der Waals surface area (Å²) in [4.78, 5) is 11.2. The van der Waals surface area contributed by atoms with Crippen molar-refractivity contribution in [3.05, 3.63) is 54.4 Å². The second kappa shape index (κ2) is 4.75. The van der Waals surface area contributed by atoms with Gasteiger partial charge >= 0.3 is 0 Å². The molecular weight excluding hydrogens is 324 g/mol. The van der Waals surface area contributed by atoms with Gasteiger partial charge in [0.15, 0.2) is 0 Å². The largest absolute Gasteiger partial charge is 0.459 e. The number of nitrogen functional groups attached to an aromatic ring is 1. The summed E-state index contributed by atoms with van der Waals surface area (Å²) in [7, 11) is 2.05. The number of aromatic nitrogens is 1. The van der Waals surface area contributed by atoms with Gasteiger partial charge in [0, 0.05) is 36.2 Å². The van der Waals surface area contributed by atoms with E-state index >= 15 is 0 Å². The number of ether oxygens (including phenoxy) is 1. The van der Waals surface area contributed by atoms with Gasteiger partial charge in [0.25, 0.3) is 0 Å². The third-order valence-corrected chi connectivity index (χ3v) is 5.84. The third-order valence-electron chi connectivity index (χ3n) is 5.84. The first-order valence-electron chi connectivity index (χ1n) is 8.69. The Morgan fingerprint density at radius 2 is 1.96 bits per heavy atom. The predicted octanol–water partition coefficient (Wildman–Crippen LogP) is 4.04. The Morgan fingerprint density at radius 1 is 1.12 bits per heavy atom. The number of rotatable bonds is 0. The highest BCUT2D eigenvalue weighted by Gasteiger charge is 2.58. The van der Waals surface area contributed by atoms with Gasteiger partial charge in [-0.3, -0.25) is 9.98 Å². The summed E-state index contributed by atoms with van der Waals surface area (Å²) < 4.78 is 6.65. The number of benzene rings is 2. The highest BCUT2D eigenvalue weighted by Crippen LogP contribution is 2.54. The van der Waals surface area contributed by atoms with Crippen LogP contribution in [0.1, 0.15) is 19.4 Å². The molecule has 2 N–H and O–H groups in total. The van der Waals surface area contributed by atoms with Crippen LogP contribution in [0.25, 0.3) is 10.8 Å². The summed E-state index contributed by atoms with van der Waals surface area (Å²) in [5, 5.41) is 2.10. The van der Waals surface area contributed by atoms with Gasteiger partial charge in [0.2, 0.25) is 5.72 Å². The molecule has 0 amide bonds. The van der Waals surface area contributed by atoms with Crippen LogP contribution < -0.4 is 15.4 Å². The molecule has 26 heavy (non-hydrogen) atoms. The fourth-order valence-corrected chi connectivity index (χ4v) is 4.27. The number of likely N-dealkylation sites (N-methyl/N-ethyl adjacent to an activating group) is 1. The van der Waals surface area contributed by atoms with Gasteiger partial charge in [-0.05, 0) is 55.1 Å². The van der Waals surface area contributed by atoms with Crippen molar-refractivity contribution in [2.75, 3.05) is 17.7 Å². The maximum absolute atomic E-state index is 6.65. The number of anilines is 2. The Balaban J connectivity index is 1.71. The maximum Gasteiger partial charge on any atom is 0.228 e. The summed E-state index contributed by atoms with van der Waals surface area (Å²) in [5.74, 6) is 0.772. The minimum atomic E-state index is -0.702. The summed E-state index contributed by atoms with van der Waals surface area (Å²) in [6.45, 7) is 4.35. The lowest BCUT2D eigenvalue weighted by Gasteiger charge is -2.44. The van der Waals surface area contributed by atoms with Gasteiger partial charge in [-0.15, -0.1) is 0 Å². The second-order valence-corrected chi connectivity index (χ2v) is 7.53. The van der Waals surface area contributed by atoms with Gasteiger partial charge in [-0.25, -0.2) is 0 Å². The van der Waals surface area contributed by atoms with E-state index in [1.807, 2.05) is 43.7 Å². The Kier molecular flexibility index (Phi) is 2.78. The SMILES string of the molecule is CN1c2ccc(N)cc2C(C)(C)C12C=Nc1c(ccc3ccncc13)O2. The van der Waals surface area contributed by atoms with Crippen LogP contribution in [0.3, 0.4) is 0 Å². The minimum Gasteiger partial charge on any atom is -0.459 e. The van der Waals surface area contributed by atoms with Crippen molar-refractivity contribution in [1.82, 2.24) is 4.98 Å². The van der Waals surface area contributed by atoms with E-state index in [1.165, 1.54) is 0 Å².